The Labute approximate surface area is 470 Å². The number of hydrogen-bond donors (Lipinski definition) is 6. The molecule has 444 valence electrons. The highest BCUT2D eigenvalue weighted by Crippen LogP contribution is 2.26. The van der Waals surface area contributed by atoms with E-state index in [-0.39, 0.29) is 19.4 Å². The number of esters is 1. The maximum atomic E-state index is 13.4. The van der Waals surface area contributed by atoms with Crippen LogP contribution in [0.15, 0.2) is 85.1 Å². The first-order chi connectivity index (χ1) is 37.7. The molecule has 8 atom stereocenters. The van der Waals surface area contributed by atoms with Crippen molar-refractivity contribution in [1.29, 1.82) is 0 Å². The van der Waals surface area contributed by atoms with Crippen molar-refractivity contribution in [2.75, 3.05) is 13.2 Å². The number of ether oxygens (including phenoxy) is 3. The molecule has 0 bridgehead atoms. The summed E-state index contributed by atoms with van der Waals surface area (Å²) in [6, 6.07) is -1.03. The fourth-order valence-corrected chi connectivity index (χ4v) is 9.32. The van der Waals surface area contributed by atoms with Crippen LogP contribution in [0.25, 0.3) is 0 Å². The summed E-state index contributed by atoms with van der Waals surface area (Å²) in [7, 11) is 0. The number of rotatable bonds is 52. The highest BCUT2D eigenvalue weighted by Gasteiger charge is 2.47. The molecule has 0 saturated carbocycles. The summed E-state index contributed by atoms with van der Waals surface area (Å²) in [5.41, 5.74) is 0. The summed E-state index contributed by atoms with van der Waals surface area (Å²) in [5.74, 6) is -1.22. The zero-order valence-corrected chi connectivity index (χ0v) is 49.1. The zero-order chi connectivity index (χ0) is 56.1. The van der Waals surface area contributed by atoms with Crippen LogP contribution in [0.4, 0.5) is 0 Å². The van der Waals surface area contributed by atoms with Crippen LogP contribution in [0.5, 0.6) is 0 Å². The third-order valence-electron chi connectivity index (χ3n) is 14.3. The van der Waals surface area contributed by atoms with Crippen LogP contribution in [0, 0.1) is 0 Å². The zero-order valence-electron chi connectivity index (χ0n) is 49.1. The SMILES string of the molecule is CC/C=C\C/C=C\C/C=C\C/C=C\C/C=C\CCCCCCCCCCCC(=O)OC1C(OCC(NC(=O)C(O)CCCC/C=C\CCCCCCCC)C(O)/C=C/CCCCCCCCCCC)OC(CO)C(O)C1O. The van der Waals surface area contributed by atoms with Crippen LogP contribution in [0.3, 0.4) is 0 Å². The summed E-state index contributed by atoms with van der Waals surface area (Å²) < 4.78 is 17.6. The molecule has 0 aromatic heterocycles. The molecule has 77 heavy (non-hydrogen) atoms. The molecule has 1 fully saturated rings. The lowest BCUT2D eigenvalue weighted by atomic mass is 9.99. The molecule has 1 amide bonds. The van der Waals surface area contributed by atoms with E-state index in [0.717, 1.165) is 103 Å². The van der Waals surface area contributed by atoms with Gasteiger partial charge < -0.3 is 45.1 Å². The Morgan fingerprint density at radius 3 is 1.42 bits per heavy atom. The lowest BCUT2D eigenvalue weighted by molar-refractivity contribution is -0.305. The largest absolute Gasteiger partial charge is 0.454 e. The van der Waals surface area contributed by atoms with Crippen molar-refractivity contribution < 1.29 is 49.3 Å². The average molecular weight is 1080 g/mol. The molecule has 0 radical (unpaired) electrons. The molecule has 0 aromatic carbocycles. The summed E-state index contributed by atoms with van der Waals surface area (Å²) in [6.45, 7) is 5.64. The lowest BCUT2D eigenvalue weighted by Gasteiger charge is -2.41. The number of unbranched alkanes of at least 4 members (excludes halogenated alkanes) is 26. The molecule has 11 nitrogen and oxygen atoms in total. The molecular formula is C66H115NO10. The molecule has 1 heterocycles. The molecular weight excluding hydrogens is 967 g/mol. The van der Waals surface area contributed by atoms with Gasteiger partial charge in [-0.05, 0) is 96.3 Å². The number of carbonyl (C=O) groups excluding carboxylic acids is 2. The molecule has 6 N–H and O–H groups in total. The molecule has 1 saturated heterocycles. The molecule has 1 rings (SSSR count). The number of aliphatic hydroxyl groups excluding tert-OH is 5. The van der Waals surface area contributed by atoms with Gasteiger partial charge in [0.05, 0.1) is 25.4 Å². The molecule has 8 unspecified atom stereocenters. The van der Waals surface area contributed by atoms with E-state index in [1.807, 2.05) is 6.08 Å². The Bertz CT molecular complexity index is 1570. The van der Waals surface area contributed by atoms with Gasteiger partial charge in [-0.1, -0.05) is 241 Å². The van der Waals surface area contributed by atoms with Gasteiger partial charge >= 0.3 is 5.97 Å². The van der Waals surface area contributed by atoms with Gasteiger partial charge in [0, 0.05) is 6.42 Å². The normalized spacial score (nSPS) is 19.6. The first-order valence-corrected chi connectivity index (χ1v) is 31.4. The van der Waals surface area contributed by atoms with E-state index < -0.39 is 67.4 Å². The number of amides is 1. The number of carbonyl (C=O) groups is 2. The maximum absolute atomic E-state index is 13.4. The summed E-state index contributed by atoms with van der Waals surface area (Å²) in [5, 5.41) is 56.9. The Morgan fingerprint density at radius 2 is 0.935 bits per heavy atom. The molecule has 0 aromatic rings. The Hall–Kier alpha value is -3.16. The standard InChI is InChI=1S/C66H115NO10/c1-4-7-10-13-16-19-22-24-25-26-27-28-29-30-31-32-33-34-35-36-39-42-45-48-51-54-61(71)77-64-63(73)62(72)60(55-68)76-66(64)75-56-57(58(69)52-49-46-43-40-37-21-18-15-12-9-6-3)67-65(74)59(70)53-50-47-44-41-38-23-20-17-14-11-8-5-2/h7,10,16,19,24-25,27-28,30-31,38,41,49,52,57-60,62-64,66,68-70,72-73H,4-6,8-9,11-15,17-18,20-23,26,29,32-37,39-40,42-48,50-51,53-56H2,1-3H3,(H,67,74)/b10-7-,19-16-,25-24-,28-27-,31-30-,41-38-,52-49+. The Balaban J connectivity index is 2.60. The smallest absolute Gasteiger partial charge is 0.306 e. The van der Waals surface area contributed by atoms with Gasteiger partial charge in [0.1, 0.15) is 24.4 Å². The molecule has 1 aliphatic heterocycles. The van der Waals surface area contributed by atoms with Crippen LogP contribution in [-0.2, 0) is 23.8 Å². The quantitative estimate of drug-likeness (QED) is 0.0195. The topological polar surface area (TPSA) is 175 Å². The average Bonchev–Trinajstić information content (AvgIpc) is 3.43. The minimum atomic E-state index is -1.62. The van der Waals surface area contributed by atoms with E-state index in [9.17, 15) is 35.1 Å². The summed E-state index contributed by atoms with van der Waals surface area (Å²) >= 11 is 0. The van der Waals surface area contributed by atoms with E-state index in [0.29, 0.717) is 12.8 Å². The highest BCUT2D eigenvalue weighted by molar-refractivity contribution is 5.80. The number of allylic oxidation sites excluding steroid dienone is 13. The van der Waals surface area contributed by atoms with Crippen molar-refractivity contribution in [2.45, 2.75) is 307 Å². The molecule has 1 aliphatic rings. The first kappa shape index (κ1) is 71.9. The third-order valence-corrected chi connectivity index (χ3v) is 14.3. The van der Waals surface area contributed by atoms with E-state index >= 15 is 0 Å². The van der Waals surface area contributed by atoms with Crippen LogP contribution in [-0.4, -0.2) is 99.6 Å². The summed E-state index contributed by atoms with van der Waals surface area (Å²) in [6.07, 6.45) is 59.2. The second-order valence-corrected chi connectivity index (χ2v) is 21.4. The van der Waals surface area contributed by atoms with Crippen LogP contribution in [0.1, 0.15) is 258 Å². The maximum Gasteiger partial charge on any atom is 0.306 e. The van der Waals surface area contributed by atoms with Crippen molar-refractivity contribution in [1.82, 2.24) is 5.32 Å². The fraction of sp³-hybridized carbons (Fsp3) is 0.758. The van der Waals surface area contributed by atoms with Gasteiger partial charge in [0.15, 0.2) is 12.4 Å². The predicted octanol–water partition coefficient (Wildman–Crippen LogP) is 14.9. The monoisotopic (exact) mass is 1080 g/mol. The number of nitrogens with one attached hydrogen (secondary N) is 1. The van der Waals surface area contributed by atoms with Crippen molar-refractivity contribution in [2.24, 2.45) is 0 Å². The van der Waals surface area contributed by atoms with E-state index in [2.05, 4.69) is 99.0 Å². The number of hydrogen-bond acceptors (Lipinski definition) is 10. The van der Waals surface area contributed by atoms with Crippen LogP contribution < -0.4 is 5.32 Å². The first-order valence-electron chi connectivity index (χ1n) is 31.4. The van der Waals surface area contributed by atoms with Gasteiger partial charge in [-0.15, -0.1) is 0 Å². The van der Waals surface area contributed by atoms with Gasteiger partial charge in [0.25, 0.3) is 0 Å². The minimum absolute atomic E-state index is 0.111. The molecule has 0 spiro atoms. The molecule has 0 aliphatic carbocycles. The molecule has 11 heteroatoms. The van der Waals surface area contributed by atoms with Crippen LogP contribution in [0.2, 0.25) is 0 Å². The van der Waals surface area contributed by atoms with Gasteiger partial charge in [-0.25, -0.2) is 0 Å². The second-order valence-electron chi connectivity index (χ2n) is 21.4. The Kier molecular flexibility index (Phi) is 49.9. The number of aliphatic hydroxyl groups is 5. The second kappa shape index (κ2) is 53.5. The highest BCUT2D eigenvalue weighted by atomic mass is 16.7. The van der Waals surface area contributed by atoms with Crippen molar-refractivity contribution in [3.05, 3.63) is 85.1 Å². The van der Waals surface area contributed by atoms with Gasteiger partial charge in [-0.2, -0.15) is 0 Å². The predicted molar refractivity (Wildman–Crippen MR) is 319 cm³/mol. The van der Waals surface area contributed by atoms with Crippen LogP contribution >= 0.6 is 0 Å². The van der Waals surface area contributed by atoms with Gasteiger partial charge in [0.2, 0.25) is 5.91 Å². The van der Waals surface area contributed by atoms with E-state index in [4.69, 9.17) is 14.2 Å². The van der Waals surface area contributed by atoms with E-state index in [1.54, 1.807) is 6.08 Å². The Morgan fingerprint density at radius 1 is 0.519 bits per heavy atom. The van der Waals surface area contributed by atoms with Crippen molar-refractivity contribution in [3.8, 4) is 0 Å². The summed E-state index contributed by atoms with van der Waals surface area (Å²) in [4.78, 5) is 26.5. The van der Waals surface area contributed by atoms with Gasteiger partial charge in [-0.3, -0.25) is 9.59 Å². The van der Waals surface area contributed by atoms with Crippen molar-refractivity contribution >= 4 is 11.9 Å². The lowest BCUT2D eigenvalue weighted by Crippen LogP contribution is -2.61. The minimum Gasteiger partial charge on any atom is -0.454 e. The fourth-order valence-electron chi connectivity index (χ4n) is 9.32. The third kappa shape index (κ3) is 41.5. The van der Waals surface area contributed by atoms with Crippen molar-refractivity contribution in [3.63, 3.8) is 0 Å². The van der Waals surface area contributed by atoms with E-state index in [1.165, 1.54) is 109 Å².